The Balaban J connectivity index is 1.94. The fourth-order valence-electron chi connectivity index (χ4n) is 2.81. The Labute approximate surface area is 145 Å². The van der Waals surface area contributed by atoms with Crippen LogP contribution >= 0.6 is 11.3 Å². The molecule has 0 saturated carbocycles. The van der Waals surface area contributed by atoms with E-state index in [0.717, 1.165) is 50.1 Å². The summed E-state index contributed by atoms with van der Waals surface area (Å²) in [5.74, 6) is 2.44. The second-order valence-electron chi connectivity index (χ2n) is 5.99. The third kappa shape index (κ3) is 2.94. The third-order valence-electron chi connectivity index (χ3n) is 4.06. The number of hydrogen-bond acceptors (Lipinski definition) is 5. The molecule has 0 aliphatic carbocycles. The molecule has 0 aliphatic heterocycles. The van der Waals surface area contributed by atoms with Crippen LogP contribution in [0.25, 0.3) is 10.2 Å². The monoisotopic (exact) mass is 343 g/mol. The van der Waals surface area contributed by atoms with Gasteiger partial charge in [0.15, 0.2) is 0 Å². The molecule has 0 atom stereocenters. The van der Waals surface area contributed by atoms with E-state index in [-0.39, 0.29) is 5.91 Å². The highest BCUT2D eigenvalue weighted by Gasteiger charge is 2.22. The molecule has 0 aromatic carbocycles. The zero-order valence-corrected chi connectivity index (χ0v) is 15.5. The lowest BCUT2D eigenvalue weighted by molar-refractivity contribution is 0.0779. The van der Waals surface area contributed by atoms with Crippen molar-refractivity contribution >= 4 is 27.5 Å². The van der Waals surface area contributed by atoms with Gasteiger partial charge in [-0.15, -0.1) is 11.3 Å². The molecular formula is C18H21N3O2S. The van der Waals surface area contributed by atoms with E-state index >= 15 is 0 Å². The molecule has 3 aromatic heterocycles. The van der Waals surface area contributed by atoms with Crippen LogP contribution in [0.2, 0.25) is 0 Å². The molecule has 126 valence electrons. The number of carbonyl (C=O) groups is 1. The highest BCUT2D eigenvalue weighted by atomic mass is 32.1. The van der Waals surface area contributed by atoms with Gasteiger partial charge in [0, 0.05) is 24.5 Å². The Morgan fingerprint density at radius 1 is 1.25 bits per heavy atom. The molecule has 3 heterocycles. The summed E-state index contributed by atoms with van der Waals surface area (Å²) in [5, 5.41) is 1.00. The first-order chi connectivity index (χ1) is 11.4. The van der Waals surface area contributed by atoms with E-state index < -0.39 is 0 Å². The summed E-state index contributed by atoms with van der Waals surface area (Å²) >= 11 is 1.45. The third-order valence-corrected chi connectivity index (χ3v) is 5.24. The zero-order chi connectivity index (χ0) is 17.4. The number of thiophene rings is 1. The van der Waals surface area contributed by atoms with Crippen LogP contribution in [0.15, 0.2) is 16.5 Å². The first-order valence-corrected chi connectivity index (χ1v) is 8.79. The summed E-state index contributed by atoms with van der Waals surface area (Å²) in [6, 6.07) is 3.81. The highest BCUT2D eigenvalue weighted by molar-refractivity contribution is 7.20. The summed E-state index contributed by atoms with van der Waals surface area (Å²) in [7, 11) is 1.79. The minimum absolute atomic E-state index is 0.0120. The van der Waals surface area contributed by atoms with Gasteiger partial charge in [0.2, 0.25) is 0 Å². The van der Waals surface area contributed by atoms with Gasteiger partial charge in [-0.2, -0.15) is 0 Å². The molecule has 3 rings (SSSR count). The van der Waals surface area contributed by atoms with Crippen molar-refractivity contribution in [3.05, 3.63) is 45.6 Å². The number of rotatable bonds is 4. The molecule has 0 N–H and O–H groups in total. The van der Waals surface area contributed by atoms with Crippen LogP contribution in [0.3, 0.4) is 0 Å². The first-order valence-electron chi connectivity index (χ1n) is 7.98. The SMILES string of the molecule is CCc1nc(C)c2c(C)c(C(=O)N(C)Cc3ccc(C)o3)sc2n1. The maximum atomic E-state index is 12.9. The fourth-order valence-corrected chi connectivity index (χ4v) is 4.05. The van der Waals surface area contributed by atoms with Crippen molar-refractivity contribution in [2.45, 2.75) is 40.7 Å². The van der Waals surface area contributed by atoms with Crippen molar-refractivity contribution in [2.75, 3.05) is 7.05 Å². The largest absolute Gasteiger partial charge is 0.464 e. The average Bonchev–Trinajstić information content (AvgIpc) is 3.10. The molecule has 0 fully saturated rings. The van der Waals surface area contributed by atoms with Gasteiger partial charge in [0.1, 0.15) is 22.2 Å². The lowest BCUT2D eigenvalue weighted by atomic mass is 10.1. The normalized spacial score (nSPS) is 11.2. The van der Waals surface area contributed by atoms with Crippen LogP contribution in [-0.2, 0) is 13.0 Å². The number of furan rings is 1. The molecule has 0 radical (unpaired) electrons. The number of aromatic nitrogens is 2. The molecule has 0 unspecified atom stereocenters. The lowest BCUT2D eigenvalue weighted by Crippen LogP contribution is -2.25. The minimum Gasteiger partial charge on any atom is -0.464 e. The first kappa shape index (κ1) is 16.6. The summed E-state index contributed by atoms with van der Waals surface area (Å²) in [5.41, 5.74) is 1.90. The molecule has 0 spiro atoms. The molecule has 0 aliphatic rings. The number of nitrogens with zero attached hydrogens (tertiary/aromatic N) is 3. The van der Waals surface area contributed by atoms with Gasteiger partial charge in [-0.1, -0.05) is 6.92 Å². The quantitative estimate of drug-likeness (QED) is 0.717. The predicted octanol–water partition coefficient (Wildman–Crippen LogP) is 4.04. The summed E-state index contributed by atoms with van der Waals surface area (Å²) in [4.78, 5) is 25.3. The topological polar surface area (TPSA) is 59.2 Å². The summed E-state index contributed by atoms with van der Waals surface area (Å²) < 4.78 is 5.57. The van der Waals surface area contributed by atoms with E-state index in [2.05, 4.69) is 9.97 Å². The van der Waals surface area contributed by atoms with E-state index in [1.807, 2.05) is 39.8 Å². The summed E-state index contributed by atoms with van der Waals surface area (Å²) in [6.45, 7) is 8.33. The zero-order valence-electron chi connectivity index (χ0n) is 14.6. The van der Waals surface area contributed by atoms with Crippen molar-refractivity contribution in [2.24, 2.45) is 0 Å². The van der Waals surface area contributed by atoms with Gasteiger partial charge in [0.05, 0.1) is 11.4 Å². The number of hydrogen-bond donors (Lipinski definition) is 0. The maximum Gasteiger partial charge on any atom is 0.264 e. The van der Waals surface area contributed by atoms with Gasteiger partial charge >= 0.3 is 0 Å². The standard InChI is InChI=1S/C18H21N3O2S/c1-6-14-19-12(4)15-11(3)16(24-17(15)20-14)18(22)21(5)9-13-8-7-10(2)23-13/h7-8H,6,9H2,1-5H3. The second-order valence-corrected chi connectivity index (χ2v) is 6.99. The number of amides is 1. The van der Waals surface area contributed by atoms with Gasteiger partial charge < -0.3 is 9.32 Å². The predicted molar refractivity (Wildman–Crippen MR) is 95.5 cm³/mol. The second kappa shape index (κ2) is 6.36. The molecule has 3 aromatic rings. The van der Waals surface area contributed by atoms with Crippen molar-refractivity contribution in [1.29, 1.82) is 0 Å². The maximum absolute atomic E-state index is 12.9. The molecule has 24 heavy (non-hydrogen) atoms. The van der Waals surface area contributed by atoms with Gasteiger partial charge in [-0.05, 0) is 38.5 Å². The fraction of sp³-hybridized carbons (Fsp3) is 0.389. The van der Waals surface area contributed by atoms with Crippen molar-refractivity contribution in [3.8, 4) is 0 Å². The van der Waals surface area contributed by atoms with Crippen LogP contribution < -0.4 is 0 Å². The van der Waals surface area contributed by atoms with Crippen LogP contribution in [0.5, 0.6) is 0 Å². The van der Waals surface area contributed by atoms with Crippen LogP contribution in [-0.4, -0.2) is 27.8 Å². The van der Waals surface area contributed by atoms with Crippen molar-refractivity contribution in [1.82, 2.24) is 14.9 Å². The summed E-state index contributed by atoms with van der Waals surface area (Å²) in [6.07, 6.45) is 0.786. The van der Waals surface area contributed by atoms with E-state index in [0.29, 0.717) is 6.54 Å². The number of fused-ring (bicyclic) bond motifs is 1. The minimum atomic E-state index is -0.0120. The van der Waals surface area contributed by atoms with Gasteiger partial charge in [0.25, 0.3) is 5.91 Å². The number of carbonyl (C=O) groups excluding carboxylic acids is 1. The molecule has 6 heteroatoms. The van der Waals surface area contributed by atoms with Crippen LogP contribution in [0, 0.1) is 20.8 Å². The molecular weight excluding hydrogens is 322 g/mol. The Morgan fingerprint density at radius 3 is 2.62 bits per heavy atom. The van der Waals surface area contributed by atoms with E-state index in [9.17, 15) is 4.79 Å². The van der Waals surface area contributed by atoms with Crippen molar-refractivity contribution < 1.29 is 9.21 Å². The highest BCUT2D eigenvalue weighted by Crippen LogP contribution is 2.32. The Kier molecular flexibility index (Phi) is 4.41. The van der Waals surface area contributed by atoms with Gasteiger partial charge in [-0.25, -0.2) is 9.97 Å². The molecule has 0 saturated heterocycles. The Hall–Kier alpha value is -2.21. The number of aryl methyl sites for hydroxylation is 4. The van der Waals surface area contributed by atoms with Crippen LogP contribution in [0.1, 0.15) is 45.2 Å². The molecule has 5 nitrogen and oxygen atoms in total. The van der Waals surface area contributed by atoms with E-state index in [1.54, 1.807) is 11.9 Å². The van der Waals surface area contributed by atoms with E-state index in [1.165, 1.54) is 11.3 Å². The Morgan fingerprint density at radius 2 is 2.00 bits per heavy atom. The molecule has 0 bridgehead atoms. The van der Waals surface area contributed by atoms with E-state index in [4.69, 9.17) is 4.42 Å². The van der Waals surface area contributed by atoms with Gasteiger partial charge in [-0.3, -0.25) is 4.79 Å². The van der Waals surface area contributed by atoms with Crippen LogP contribution in [0.4, 0.5) is 0 Å². The Bertz CT molecular complexity index is 911. The lowest BCUT2D eigenvalue weighted by Gasteiger charge is -2.15. The average molecular weight is 343 g/mol. The smallest absolute Gasteiger partial charge is 0.264 e. The van der Waals surface area contributed by atoms with Crippen molar-refractivity contribution in [3.63, 3.8) is 0 Å². The molecule has 1 amide bonds.